The summed E-state index contributed by atoms with van der Waals surface area (Å²) in [5.41, 5.74) is 9.35. The topological polar surface area (TPSA) is 41.7 Å². The summed E-state index contributed by atoms with van der Waals surface area (Å²) in [6.45, 7) is 0. The molecule has 1 N–H and O–H groups in total. The van der Waals surface area contributed by atoms with Crippen molar-refractivity contribution in [2.24, 2.45) is 9.98 Å². The summed E-state index contributed by atoms with van der Waals surface area (Å²) in [6, 6.07) is 65.3. The van der Waals surface area contributed by atoms with Crippen LogP contribution >= 0.6 is 22.7 Å². The molecule has 0 saturated carbocycles. The summed E-state index contributed by atoms with van der Waals surface area (Å²) in [7, 11) is 0. The number of nitrogens with zero attached hydrogens (tertiary/aromatic N) is 3. The number of benzene rings is 8. The molecule has 1 atom stereocenters. The van der Waals surface area contributed by atoms with Crippen molar-refractivity contribution in [1.29, 1.82) is 0 Å². The third-order valence-electron chi connectivity index (χ3n) is 11.3. The maximum atomic E-state index is 5.24. The van der Waals surface area contributed by atoms with Crippen LogP contribution in [-0.2, 0) is 0 Å². The second kappa shape index (κ2) is 12.8. The van der Waals surface area contributed by atoms with Gasteiger partial charge in [0.1, 0.15) is 12.0 Å². The number of thiophene rings is 2. The number of para-hydroxylation sites is 2. The van der Waals surface area contributed by atoms with Crippen LogP contribution in [0.3, 0.4) is 0 Å². The van der Waals surface area contributed by atoms with E-state index in [0.29, 0.717) is 0 Å². The summed E-state index contributed by atoms with van der Waals surface area (Å²) >= 11 is 3.75. The Bertz CT molecular complexity index is 3390. The minimum absolute atomic E-state index is 0.299. The summed E-state index contributed by atoms with van der Waals surface area (Å²) in [5, 5.41) is 11.4. The SMILES string of the molecule is c1ccc(C2=NC(c3cccc4c3sc3c(-c5ccc6c(c5)sc5c(-n7c8ccccc8c8ccccc87)cccc56)cccc34)NC(c3ccccc3)=N2)cc1. The second-order valence-corrected chi connectivity index (χ2v) is 16.6. The van der Waals surface area contributed by atoms with Gasteiger partial charge in [0.05, 0.1) is 21.4 Å². The van der Waals surface area contributed by atoms with E-state index in [9.17, 15) is 0 Å². The smallest absolute Gasteiger partial charge is 0.159 e. The number of aromatic nitrogens is 1. The number of nitrogens with one attached hydrogen (secondary N) is 1. The summed E-state index contributed by atoms with van der Waals surface area (Å²) in [4.78, 5) is 10.3. The van der Waals surface area contributed by atoms with Crippen molar-refractivity contribution in [1.82, 2.24) is 9.88 Å². The van der Waals surface area contributed by atoms with Crippen molar-refractivity contribution < 1.29 is 0 Å². The molecule has 1 aliphatic rings. The number of fused-ring (bicyclic) bond motifs is 9. The van der Waals surface area contributed by atoms with Crippen molar-refractivity contribution in [3.63, 3.8) is 0 Å². The van der Waals surface area contributed by atoms with Crippen LogP contribution in [0.15, 0.2) is 192 Å². The zero-order valence-corrected chi connectivity index (χ0v) is 32.2. The average Bonchev–Trinajstić information content (AvgIpc) is 3.96. The lowest BCUT2D eigenvalue weighted by Crippen LogP contribution is -2.33. The first kappa shape index (κ1) is 32.4. The molecule has 6 heteroatoms. The number of amidine groups is 2. The maximum absolute atomic E-state index is 5.24. The molecular weight excluding hydrogens is 733 g/mol. The predicted octanol–water partition coefficient (Wildman–Crippen LogP) is 13.7. The van der Waals surface area contributed by atoms with Crippen LogP contribution in [0, 0.1) is 0 Å². The molecule has 0 aliphatic carbocycles. The number of hydrogen-bond acceptors (Lipinski definition) is 5. The number of hydrogen-bond donors (Lipinski definition) is 1. The van der Waals surface area contributed by atoms with Crippen molar-refractivity contribution >= 4 is 96.5 Å². The molecule has 8 aromatic carbocycles. The van der Waals surface area contributed by atoms with Crippen LogP contribution in [-0.4, -0.2) is 16.2 Å². The monoisotopic (exact) mass is 764 g/mol. The van der Waals surface area contributed by atoms with Gasteiger partial charge in [0.2, 0.25) is 0 Å². The molecule has 11 aromatic rings. The van der Waals surface area contributed by atoms with Crippen molar-refractivity contribution in [3.8, 4) is 16.8 Å². The summed E-state index contributed by atoms with van der Waals surface area (Å²) in [5.74, 6) is 1.56. The van der Waals surface area contributed by atoms with Gasteiger partial charge in [-0.3, -0.25) is 0 Å². The van der Waals surface area contributed by atoms with E-state index in [2.05, 4.69) is 168 Å². The first-order valence-electron chi connectivity index (χ1n) is 19.2. The Hall–Kier alpha value is -6.86. The average molecular weight is 765 g/mol. The van der Waals surface area contributed by atoms with Gasteiger partial charge in [-0.2, -0.15) is 0 Å². The van der Waals surface area contributed by atoms with Crippen molar-refractivity contribution in [3.05, 3.63) is 199 Å². The lowest BCUT2D eigenvalue weighted by molar-refractivity contribution is 0.680. The third kappa shape index (κ3) is 5.11. The molecule has 1 aliphatic heterocycles. The lowest BCUT2D eigenvalue weighted by Gasteiger charge is -2.24. The van der Waals surface area contributed by atoms with E-state index < -0.39 is 0 Å². The lowest BCUT2D eigenvalue weighted by atomic mass is 10.0. The highest BCUT2D eigenvalue weighted by Gasteiger charge is 2.24. The minimum Gasteiger partial charge on any atom is -0.344 e. The zero-order valence-electron chi connectivity index (χ0n) is 30.6. The molecule has 4 heterocycles. The largest absolute Gasteiger partial charge is 0.344 e. The zero-order chi connectivity index (χ0) is 37.5. The van der Waals surface area contributed by atoms with E-state index in [4.69, 9.17) is 9.98 Å². The Balaban J connectivity index is 0.995. The minimum atomic E-state index is -0.299. The predicted molar refractivity (Wildman–Crippen MR) is 244 cm³/mol. The van der Waals surface area contributed by atoms with E-state index in [1.54, 1.807) is 0 Å². The molecule has 0 fully saturated rings. The molecule has 3 aromatic heterocycles. The summed E-state index contributed by atoms with van der Waals surface area (Å²) in [6.07, 6.45) is -0.299. The Morgan fingerprint density at radius 1 is 0.456 bits per heavy atom. The highest BCUT2D eigenvalue weighted by molar-refractivity contribution is 7.27. The fourth-order valence-electron chi connectivity index (χ4n) is 8.66. The van der Waals surface area contributed by atoms with E-state index in [0.717, 1.165) is 28.4 Å². The first-order chi connectivity index (χ1) is 28.3. The van der Waals surface area contributed by atoms with Crippen molar-refractivity contribution in [2.75, 3.05) is 0 Å². The molecule has 0 spiro atoms. The van der Waals surface area contributed by atoms with Crippen LogP contribution in [0.2, 0.25) is 0 Å². The van der Waals surface area contributed by atoms with E-state index in [1.165, 1.54) is 79.0 Å². The highest BCUT2D eigenvalue weighted by atomic mass is 32.1. The molecule has 1 unspecified atom stereocenters. The molecule has 12 rings (SSSR count). The van der Waals surface area contributed by atoms with Gasteiger partial charge in [0.15, 0.2) is 5.84 Å². The van der Waals surface area contributed by atoms with E-state index in [1.807, 2.05) is 46.9 Å². The Labute approximate surface area is 336 Å². The van der Waals surface area contributed by atoms with Crippen LogP contribution < -0.4 is 5.32 Å². The molecule has 268 valence electrons. The Kier molecular flexibility index (Phi) is 7.30. The Morgan fingerprint density at radius 3 is 1.82 bits per heavy atom. The van der Waals surface area contributed by atoms with Gasteiger partial charge < -0.3 is 9.88 Å². The molecule has 0 amide bonds. The Morgan fingerprint density at radius 2 is 1.07 bits per heavy atom. The molecule has 0 bridgehead atoms. The third-order valence-corrected chi connectivity index (χ3v) is 13.8. The van der Waals surface area contributed by atoms with Crippen LogP contribution in [0.25, 0.3) is 79.0 Å². The van der Waals surface area contributed by atoms with Crippen LogP contribution in [0.5, 0.6) is 0 Å². The highest BCUT2D eigenvalue weighted by Crippen LogP contribution is 2.46. The van der Waals surface area contributed by atoms with Gasteiger partial charge >= 0.3 is 0 Å². The van der Waals surface area contributed by atoms with E-state index >= 15 is 0 Å². The second-order valence-electron chi connectivity index (χ2n) is 14.5. The fourth-order valence-corrected chi connectivity index (χ4v) is 11.3. The molecule has 0 saturated heterocycles. The maximum Gasteiger partial charge on any atom is 0.159 e. The van der Waals surface area contributed by atoms with E-state index in [-0.39, 0.29) is 6.17 Å². The van der Waals surface area contributed by atoms with Crippen LogP contribution in [0.4, 0.5) is 0 Å². The fraction of sp³-hybridized carbons (Fsp3) is 0.0196. The number of rotatable bonds is 5. The van der Waals surface area contributed by atoms with Crippen molar-refractivity contribution in [2.45, 2.75) is 6.17 Å². The molecule has 0 radical (unpaired) electrons. The standard InChI is InChI=1S/C51H32N4S2/c1-3-14-31(15-4-1)49-52-50(32-16-5-2-6-17-32)54-51(53-49)41-24-12-22-40-39-21-11-20-34(46(39)57-47(40)41)33-28-29-37-38-23-13-27-44(48(38)56-45(37)30-33)55-42-25-9-7-18-35(42)36-19-8-10-26-43(36)55/h1-30,51H,(H,52,53,54). The van der Waals surface area contributed by atoms with Gasteiger partial charge in [-0.05, 0) is 35.4 Å². The number of aliphatic imine (C=N–C) groups is 2. The molecule has 4 nitrogen and oxygen atoms in total. The van der Waals surface area contributed by atoms with Crippen LogP contribution in [0.1, 0.15) is 22.9 Å². The van der Waals surface area contributed by atoms with Gasteiger partial charge in [-0.15, -0.1) is 22.7 Å². The van der Waals surface area contributed by atoms with Gasteiger partial charge in [0, 0.05) is 63.1 Å². The van der Waals surface area contributed by atoms with Gasteiger partial charge in [-0.25, -0.2) is 9.98 Å². The van der Waals surface area contributed by atoms with Gasteiger partial charge in [-0.1, -0.05) is 158 Å². The first-order valence-corrected chi connectivity index (χ1v) is 20.8. The molecule has 57 heavy (non-hydrogen) atoms. The molecular formula is C51H32N4S2. The normalized spacial score (nSPS) is 14.5. The quantitative estimate of drug-likeness (QED) is 0.186. The van der Waals surface area contributed by atoms with Gasteiger partial charge in [0.25, 0.3) is 0 Å². The summed E-state index contributed by atoms with van der Waals surface area (Å²) < 4.78 is 7.56.